The molecule has 0 aliphatic heterocycles. The van der Waals surface area contributed by atoms with E-state index in [9.17, 15) is 14.4 Å². The standard InChI is InChI=1S/C20H36N2O4/c1-14(2)20(25)16-8-10-17(11-9-16)22-19(24)7-5-6-18(23)21-12-13-26-15(3)4/h14-17H,5-13H2,1-4H3,(H,21,23)(H,22,24)/t16-,17+. The summed E-state index contributed by atoms with van der Waals surface area (Å²) < 4.78 is 5.35. The first-order chi connectivity index (χ1) is 12.3. The van der Waals surface area contributed by atoms with Gasteiger partial charge in [-0.25, -0.2) is 0 Å². The van der Waals surface area contributed by atoms with Gasteiger partial charge in [-0.3, -0.25) is 14.4 Å². The number of amides is 2. The second-order valence-electron chi connectivity index (χ2n) is 7.80. The van der Waals surface area contributed by atoms with Crippen molar-refractivity contribution in [1.29, 1.82) is 0 Å². The lowest BCUT2D eigenvalue weighted by atomic mass is 9.80. The molecule has 6 nitrogen and oxygen atoms in total. The number of nitrogens with one attached hydrogen (secondary N) is 2. The average molecular weight is 369 g/mol. The minimum absolute atomic E-state index is 0.000391. The Hall–Kier alpha value is -1.43. The first-order valence-electron chi connectivity index (χ1n) is 10.0. The average Bonchev–Trinajstić information content (AvgIpc) is 2.58. The van der Waals surface area contributed by atoms with Crippen molar-refractivity contribution in [2.75, 3.05) is 13.2 Å². The highest BCUT2D eigenvalue weighted by atomic mass is 16.5. The van der Waals surface area contributed by atoms with Gasteiger partial charge in [-0.2, -0.15) is 0 Å². The molecule has 0 heterocycles. The van der Waals surface area contributed by atoms with Gasteiger partial charge in [0, 0.05) is 37.3 Å². The molecule has 0 saturated heterocycles. The summed E-state index contributed by atoms with van der Waals surface area (Å²) in [7, 11) is 0. The molecule has 150 valence electrons. The number of rotatable bonds is 11. The van der Waals surface area contributed by atoms with Gasteiger partial charge in [-0.05, 0) is 46.0 Å². The highest BCUT2D eigenvalue weighted by Gasteiger charge is 2.28. The number of ketones is 1. The molecule has 6 heteroatoms. The SMILES string of the molecule is CC(C)OCCNC(=O)CCCC(=O)N[C@H]1CC[C@@H](C(=O)C(C)C)CC1. The highest BCUT2D eigenvalue weighted by molar-refractivity contribution is 5.83. The Morgan fingerprint density at radius 2 is 1.58 bits per heavy atom. The Kier molecular flexibility index (Phi) is 10.5. The zero-order valence-electron chi connectivity index (χ0n) is 16.8. The van der Waals surface area contributed by atoms with Crippen LogP contribution in [0.15, 0.2) is 0 Å². The van der Waals surface area contributed by atoms with Crippen molar-refractivity contribution in [3.05, 3.63) is 0 Å². The van der Waals surface area contributed by atoms with E-state index in [1.807, 2.05) is 27.7 Å². The van der Waals surface area contributed by atoms with Gasteiger partial charge in [0.15, 0.2) is 0 Å². The van der Waals surface area contributed by atoms with Gasteiger partial charge >= 0.3 is 0 Å². The molecule has 2 amide bonds. The van der Waals surface area contributed by atoms with Gasteiger partial charge in [-0.1, -0.05) is 13.8 Å². The molecule has 0 spiro atoms. The molecule has 0 aromatic rings. The van der Waals surface area contributed by atoms with E-state index in [4.69, 9.17) is 4.74 Å². The lowest BCUT2D eigenvalue weighted by Gasteiger charge is -2.29. The first-order valence-corrected chi connectivity index (χ1v) is 10.0. The fourth-order valence-electron chi connectivity index (χ4n) is 3.28. The normalized spacial score (nSPS) is 20.2. The fourth-order valence-corrected chi connectivity index (χ4v) is 3.28. The number of hydrogen-bond acceptors (Lipinski definition) is 4. The van der Waals surface area contributed by atoms with Crippen molar-refractivity contribution in [3.63, 3.8) is 0 Å². The number of carbonyl (C=O) groups is 3. The van der Waals surface area contributed by atoms with E-state index < -0.39 is 0 Å². The lowest BCUT2D eigenvalue weighted by Crippen LogP contribution is -2.39. The van der Waals surface area contributed by atoms with Crippen LogP contribution in [0.1, 0.15) is 72.6 Å². The molecule has 1 aliphatic rings. The minimum Gasteiger partial charge on any atom is -0.377 e. The van der Waals surface area contributed by atoms with Crippen LogP contribution in [-0.2, 0) is 19.1 Å². The molecular weight excluding hydrogens is 332 g/mol. The summed E-state index contributed by atoms with van der Waals surface area (Å²) >= 11 is 0. The van der Waals surface area contributed by atoms with Crippen LogP contribution in [-0.4, -0.2) is 42.9 Å². The topological polar surface area (TPSA) is 84.5 Å². The van der Waals surface area contributed by atoms with E-state index in [0.29, 0.717) is 38.2 Å². The van der Waals surface area contributed by atoms with Crippen molar-refractivity contribution < 1.29 is 19.1 Å². The van der Waals surface area contributed by atoms with E-state index in [1.54, 1.807) is 0 Å². The molecule has 0 aromatic heterocycles. The van der Waals surface area contributed by atoms with Gasteiger partial charge in [0.25, 0.3) is 0 Å². The summed E-state index contributed by atoms with van der Waals surface area (Å²) in [5.41, 5.74) is 0. The summed E-state index contributed by atoms with van der Waals surface area (Å²) in [5.74, 6) is 0.553. The van der Waals surface area contributed by atoms with Crippen molar-refractivity contribution >= 4 is 17.6 Å². The Balaban J connectivity index is 2.10. The van der Waals surface area contributed by atoms with Crippen LogP contribution in [0.3, 0.4) is 0 Å². The van der Waals surface area contributed by atoms with Gasteiger partial charge in [0.05, 0.1) is 12.7 Å². The van der Waals surface area contributed by atoms with Crippen molar-refractivity contribution in [2.45, 2.75) is 84.8 Å². The molecular formula is C20H36N2O4. The van der Waals surface area contributed by atoms with Crippen molar-refractivity contribution in [1.82, 2.24) is 10.6 Å². The molecule has 2 N–H and O–H groups in total. The Bertz CT molecular complexity index is 455. The van der Waals surface area contributed by atoms with Crippen LogP contribution in [0, 0.1) is 11.8 Å². The third-order valence-corrected chi connectivity index (χ3v) is 4.75. The zero-order chi connectivity index (χ0) is 19.5. The summed E-state index contributed by atoms with van der Waals surface area (Å²) in [6.07, 6.45) is 4.88. The molecule has 0 bridgehead atoms. The maximum Gasteiger partial charge on any atom is 0.220 e. The quantitative estimate of drug-likeness (QED) is 0.549. The fraction of sp³-hybridized carbons (Fsp3) is 0.850. The maximum atomic E-state index is 12.0. The van der Waals surface area contributed by atoms with E-state index in [2.05, 4.69) is 10.6 Å². The van der Waals surface area contributed by atoms with Crippen LogP contribution in [0.4, 0.5) is 0 Å². The molecule has 0 radical (unpaired) electrons. The van der Waals surface area contributed by atoms with Crippen molar-refractivity contribution in [2.24, 2.45) is 11.8 Å². The molecule has 0 unspecified atom stereocenters. The van der Waals surface area contributed by atoms with Crippen LogP contribution in [0.25, 0.3) is 0 Å². The van der Waals surface area contributed by atoms with E-state index >= 15 is 0 Å². The summed E-state index contributed by atoms with van der Waals surface area (Å²) in [6.45, 7) is 8.81. The highest BCUT2D eigenvalue weighted by Crippen LogP contribution is 2.27. The molecule has 1 saturated carbocycles. The Morgan fingerprint density at radius 1 is 0.962 bits per heavy atom. The molecule has 1 fully saturated rings. The van der Waals surface area contributed by atoms with Gasteiger partial charge in [-0.15, -0.1) is 0 Å². The van der Waals surface area contributed by atoms with Gasteiger partial charge < -0.3 is 15.4 Å². The largest absolute Gasteiger partial charge is 0.377 e. The van der Waals surface area contributed by atoms with Crippen LogP contribution in [0.2, 0.25) is 0 Å². The number of hydrogen-bond donors (Lipinski definition) is 2. The molecule has 26 heavy (non-hydrogen) atoms. The van der Waals surface area contributed by atoms with Gasteiger partial charge in [0.1, 0.15) is 5.78 Å². The Labute approximate surface area is 157 Å². The monoisotopic (exact) mass is 368 g/mol. The first kappa shape index (κ1) is 22.6. The van der Waals surface area contributed by atoms with Crippen LogP contribution in [0.5, 0.6) is 0 Å². The number of ether oxygens (including phenoxy) is 1. The summed E-state index contributed by atoms with van der Waals surface area (Å²) in [5, 5.41) is 5.83. The maximum absolute atomic E-state index is 12.0. The summed E-state index contributed by atoms with van der Waals surface area (Å²) in [4.78, 5) is 35.7. The van der Waals surface area contributed by atoms with Crippen LogP contribution >= 0.6 is 0 Å². The molecule has 1 rings (SSSR count). The predicted molar refractivity (Wildman–Crippen MR) is 102 cm³/mol. The number of Topliss-reactive ketones (excluding diaryl/α,β-unsaturated/α-hetero) is 1. The third-order valence-electron chi connectivity index (χ3n) is 4.75. The lowest BCUT2D eigenvalue weighted by molar-refractivity contribution is -0.127. The van der Waals surface area contributed by atoms with Crippen molar-refractivity contribution in [3.8, 4) is 0 Å². The van der Waals surface area contributed by atoms with E-state index in [-0.39, 0.29) is 35.8 Å². The Morgan fingerprint density at radius 3 is 2.15 bits per heavy atom. The number of carbonyl (C=O) groups excluding carboxylic acids is 3. The van der Waals surface area contributed by atoms with E-state index in [0.717, 1.165) is 25.7 Å². The molecule has 0 atom stereocenters. The summed E-state index contributed by atoms with van der Waals surface area (Å²) in [6, 6.07) is 0.167. The smallest absolute Gasteiger partial charge is 0.220 e. The van der Waals surface area contributed by atoms with Crippen LogP contribution < -0.4 is 10.6 Å². The predicted octanol–water partition coefficient (Wildman–Crippen LogP) is 2.60. The van der Waals surface area contributed by atoms with Gasteiger partial charge in [0.2, 0.25) is 11.8 Å². The second kappa shape index (κ2) is 12.0. The van der Waals surface area contributed by atoms with E-state index in [1.165, 1.54) is 0 Å². The molecule has 1 aliphatic carbocycles. The minimum atomic E-state index is -0.0436. The molecule has 0 aromatic carbocycles. The third kappa shape index (κ3) is 9.32. The second-order valence-corrected chi connectivity index (χ2v) is 7.80. The zero-order valence-corrected chi connectivity index (χ0v) is 16.8.